The normalized spacial score (nSPS) is 14.1. The van der Waals surface area contributed by atoms with Crippen LogP contribution >= 0.6 is 0 Å². The van der Waals surface area contributed by atoms with E-state index in [1.807, 2.05) is 42.6 Å². The molecule has 0 bridgehead atoms. The van der Waals surface area contributed by atoms with E-state index in [-0.39, 0.29) is 0 Å². The van der Waals surface area contributed by atoms with Gasteiger partial charge in [0.25, 0.3) is 0 Å². The molecular weight excluding hydrogens is 374 g/mol. The molecule has 1 fully saturated rings. The zero-order valence-electron chi connectivity index (χ0n) is 16.6. The van der Waals surface area contributed by atoms with Gasteiger partial charge in [0.05, 0.1) is 18.7 Å². The van der Waals surface area contributed by atoms with Crippen LogP contribution in [0.3, 0.4) is 0 Å². The number of para-hydroxylation sites is 1. The first kappa shape index (κ1) is 18.4. The third kappa shape index (κ3) is 3.77. The van der Waals surface area contributed by atoms with Gasteiger partial charge in [-0.05, 0) is 42.0 Å². The van der Waals surface area contributed by atoms with Gasteiger partial charge in [0, 0.05) is 47.3 Å². The molecule has 3 aromatic carbocycles. The summed E-state index contributed by atoms with van der Waals surface area (Å²) in [6.07, 6.45) is 1.85. The molecular formula is C24H23N5O. The fraction of sp³-hybridized carbons (Fsp3) is 0.167. The molecule has 6 nitrogen and oxygen atoms in total. The third-order valence-electron chi connectivity index (χ3n) is 5.31. The maximum absolute atomic E-state index is 5.98. The number of nitrogens with one attached hydrogen (secondary N) is 1. The summed E-state index contributed by atoms with van der Waals surface area (Å²) in [4.78, 5) is 11.6. The molecule has 0 amide bonds. The van der Waals surface area contributed by atoms with Crippen molar-refractivity contribution in [3.63, 3.8) is 0 Å². The highest BCUT2D eigenvalue weighted by Gasteiger charge is 2.11. The van der Waals surface area contributed by atoms with Crippen molar-refractivity contribution < 1.29 is 4.74 Å². The molecule has 0 saturated carbocycles. The summed E-state index contributed by atoms with van der Waals surface area (Å²) in [6, 6.07) is 22.3. The lowest BCUT2D eigenvalue weighted by molar-refractivity contribution is 0.122. The number of hydrogen-bond acceptors (Lipinski definition) is 6. The molecule has 0 unspecified atom stereocenters. The first-order chi connectivity index (χ1) is 14.8. The van der Waals surface area contributed by atoms with E-state index in [4.69, 9.17) is 15.5 Å². The lowest BCUT2D eigenvalue weighted by Gasteiger charge is -2.28. The zero-order valence-corrected chi connectivity index (χ0v) is 16.6. The highest BCUT2D eigenvalue weighted by Crippen LogP contribution is 2.29. The molecule has 150 valence electrons. The van der Waals surface area contributed by atoms with Crippen molar-refractivity contribution >= 4 is 33.9 Å². The molecule has 30 heavy (non-hydrogen) atoms. The van der Waals surface area contributed by atoms with Gasteiger partial charge >= 0.3 is 0 Å². The average Bonchev–Trinajstić information content (AvgIpc) is 2.80. The Kier molecular flexibility index (Phi) is 4.91. The quantitative estimate of drug-likeness (QED) is 0.495. The smallest absolute Gasteiger partial charge is 0.227 e. The van der Waals surface area contributed by atoms with Crippen molar-refractivity contribution in [3.8, 4) is 11.1 Å². The number of morpholine rings is 1. The fourth-order valence-electron chi connectivity index (χ4n) is 3.76. The molecule has 2 heterocycles. The molecule has 1 aliphatic heterocycles. The van der Waals surface area contributed by atoms with Crippen LogP contribution in [-0.4, -0.2) is 36.3 Å². The van der Waals surface area contributed by atoms with Crippen LogP contribution in [0, 0.1) is 0 Å². The number of rotatable bonds is 4. The molecule has 1 aliphatic rings. The lowest BCUT2D eigenvalue weighted by Crippen LogP contribution is -2.36. The van der Waals surface area contributed by atoms with Crippen LogP contribution < -0.4 is 16.0 Å². The largest absolute Gasteiger partial charge is 0.399 e. The van der Waals surface area contributed by atoms with Gasteiger partial charge in [0.2, 0.25) is 5.95 Å². The van der Waals surface area contributed by atoms with Crippen LogP contribution in [-0.2, 0) is 4.74 Å². The number of aromatic nitrogens is 2. The molecule has 0 spiro atoms. The molecule has 5 rings (SSSR count). The van der Waals surface area contributed by atoms with Crippen LogP contribution in [0.5, 0.6) is 0 Å². The number of nitrogen functional groups attached to an aromatic ring is 1. The van der Waals surface area contributed by atoms with Gasteiger partial charge in [-0.15, -0.1) is 0 Å². The van der Waals surface area contributed by atoms with E-state index < -0.39 is 0 Å². The van der Waals surface area contributed by atoms with Gasteiger partial charge in [-0.1, -0.05) is 30.3 Å². The Morgan fingerprint density at radius 1 is 0.933 bits per heavy atom. The molecule has 6 heteroatoms. The Morgan fingerprint density at radius 3 is 2.53 bits per heavy atom. The summed E-state index contributed by atoms with van der Waals surface area (Å²) in [5.74, 6) is 0.568. The molecule has 0 aliphatic carbocycles. The first-order valence-electron chi connectivity index (χ1n) is 10.1. The Labute approximate surface area is 175 Å². The van der Waals surface area contributed by atoms with Gasteiger partial charge < -0.3 is 20.7 Å². The van der Waals surface area contributed by atoms with E-state index >= 15 is 0 Å². The molecule has 4 aromatic rings. The van der Waals surface area contributed by atoms with Crippen molar-refractivity contribution in [1.29, 1.82) is 0 Å². The fourth-order valence-corrected chi connectivity index (χ4v) is 3.76. The summed E-state index contributed by atoms with van der Waals surface area (Å²) >= 11 is 0. The summed E-state index contributed by atoms with van der Waals surface area (Å²) in [6.45, 7) is 3.40. The minimum atomic E-state index is 0.568. The van der Waals surface area contributed by atoms with Crippen molar-refractivity contribution in [2.24, 2.45) is 0 Å². The third-order valence-corrected chi connectivity index (χ3v) is 5.31. The summed E-state index contributed by atoms with van der Waals surface area (Å²) in [5, 5.41) is 4.32. The number of ether oxygens (including phenoxy) is 1. The number of nitrogens with zero attached hydrogens (tertiary/aromatic N) is 3. The SMILES string of the molecule is Nc1cccc(-c2cccc3cnc(Nc4ccc(N5CCOCC5)cc4)nc23)c1. The zero-order chi connectivity index (χ0) is 20.3. The standard InChI is InChI=1S/C24H23N5O/c25-19-5-1-3-17(15-19)22-6-2-4-18-16-26-24(28-23(18)22)27-20-7-9-21(10-8-20)29-11-13-30-14-12-29/h1-10,15-16H,11-14,25H2,(H,26,27,28). The van der Waals surface area contributed by atoms with Crippen LogP contribution in [0.15, 0.2) is 72.9 Å². The van der Waals surface area contributed by atoms with Gasteiger partial charge in [0.1, 0.15) is 0 Å². The Balaban J connectivity index is 1.43. The van der Waals surface area contributed by atoms with E-state index in [1.54, 1.807) is 0 Å². The maximum atomic E-state index is 5.98. The second kappa shape index (κ2) is 8.00. The van der Waals surface area contributed by atoms with Crippen molar-refractivity contribution in [2.75, 3.05) is 42.3 Å². The Hall–Kier alpha value is -3.64. The first-order valence-corrected chi connectivity index (χ1v) is 10.1. The maximum Gasteiger partial charge on any atom is 0.227 e. The van der Waals surface area contributed by atoms with Crippen LogP contribution in [0.2, 0.25) is 0 Å². The van der Waals surface area contributed by atoms with E-state index in [0.717, 1.165) is 59.7 Å². The molecule has 1 saturated heterocycles. The van der Waals surface area contributed by atoms with Crippen LogP contribution in [0.1, 0.15) is 0 Å². The van der Waals surface area contributed by atoms with Gasteiger partial charge in [0.15, 0.2) is 0 Å². The summed E-state index contributed by atoms with van der Waals surface area (Å²) in [5.41, 5.74) is 11.8. The molecule has 0 atom stereocenters. The van der Waals surface area contributed by atoms with E-state index in [0.29, 0.717) is 5.95 Å². The van der Waals surface area contributed by atoms with Crippen molar-refractivity contribution in [1.82, 2.24) is 9.97 Å². The predicted octanol–water partition coefficient (Wildman–Crippen LogP) is 4.46. The summed E-state index contributed by atoms with van der Waals surface area (Å²) in [7, 11) is 0. The molecule has 1 aromatic heterocycles. The Bertz CT molecular complexity index is 1170. The monoisotopic (exact) mass is 397 g/mol. The highest BCUT2D eigenvalue weighted by atomic mass is 16.5. The van der Waals surface area contributed by atoms with Gasteiger partial charge in [-0.3, -0.25) is 0 Å². The number of nitrogens with two attached hydrogens (primary N) is 1. The number of anilines is 4. The van der Waals surface area contributed by atoms with E-state index in [2.05, 4.69) is 45.5 Å². The summed E-state index contributed by atoms with van der Waals surface area (Å²) < 4.78 is 5.43. The molecule has 3 N–H and O–H groups in total. The number of hydrogen-bond donors (Lipinski definition) is 2. The number of fused-ring (bicyclic) bond motifs is 1. The van der Waals surface area contributed by atoms with Gasteiger partial charge in [-0.25, -0.2) is 9.97 Å². The molecule has 0 radical (unpaired) electrons. The van der Waals surface area contributed by atoms with E-state index in [9.17, 15) is 0 Å². The van der Waals surface area contributed by atoms with Gasteiger partial charge in [-0.2, -0.15) is 0 Å². The highest BCUT2D eigenvalue weighted by molar-refractivity contribution is 5.94. The van der Waals surface area contributed by atoms with Crippen LogP contribution in [0.25, 0.3) is 22.0 Å². The lowest BCUT2D eigenvalue weighted by atomic mass is 10.0. The minimum absolute atomic E-state index is 0.568. The second-order valence-electron chi connectivity index (χ2n) is 7.33. The predicted molar refractivity (Wildman–Crippen MR) is 122 cm³/mol. The minimum Gasteiger partial charge on any atom is -0.399 e. The Morgan fingerprint density at radius 2 is 1.73 bits per heavy atom. The van der Waals surface area contributed by atoms with Crippen molar-refractivity contribution in [3.05, 3.63) is 72.9 Å². The number of benzene rings is 3. The second-order valence-corrected chi connectivity index (χ2v) is 7.33. The van der Waals surface area contributed by atoms with E-state index in [1.165, 1.54) is 5.69 Å². The topological polar surface area (TPSA) is 76.3 Å². The van der Waals surface area contributed by atoms with Crippen molar-refractivity contribution in [2.45, 2.75) is 0 Å². The van der Waals surface area contributed by atoms with Crippen LogP contribution in [0.4, 0.5) is 23.0 Å². The average molecular weight is 397 g/mol.